The lowest BCUT2D eigenvalue weighted by Crippen LogP contribution is -2.24. The van der Waals surface area contributed by atoms with Crippen molar-refractivity contribution in [2.45, 2.75) is 9.79 Å². The molecule has 0 bridgehead atoms. The number of sulfonamides is 1. The van der Waals surface area contributed by atoms with E-state index in [9.17, 15) is 12.8 Å². The van der Waals surface area contributed by atoms with Gasteiger partial charge in [-0.3, -0.25) is 4.72 Å². The standard InChI is InChI=1S/C15H15FN2O2S2/c1-18-8-9-21-15-7-6-13(10-14(15)18)22(19,20)17-12-4-2-11(16)3-5-12/h2-7,10,17H,8-9H2,1H3. The maximum atomic E-state index is 12.9. The van der Waals surface area contributed by atoms with E-state index in [-0.39, 0.29) is 4.90 Å². The molecule has 0 aliphatic carbocycles. The van der Waals surface area contributed by atoms with Gasteiger partial charge in [-0.25, -0.2) is 12.8 Å². The van der Waals surface area contributed by atoms with Gasteiger partial charge in [0.15, 0.2) is 0 Å². The molecule has 1 heterocycles. The molecule has 0 radical (unpaired) electrons. The highest BCUT2D eigenvalue weighted by Gasteiger charge is 2.20. The van der Waals surface area contributed by atoms with Gasteiger partial charge >= 0.3 is 0 Å². The predicted molar refractivity (Wildman–Crippen MR) is 87.6 cm³/mol. The van der Waals surface area contributed by atoms with Gasteiger partial charge in [-0.2, -0.15) is 0 Å². The average molecular weight is 338 g/mol. The van der Waals surface area contributed by atoms with Crippen LogP contribution >= 0.6 is 11.8 Å². The Bertz CT molecular complexity index is 792. The van der Waals surface area contributed by atoms with Crippen molar-refractivity contribution in [2.24, 2.45) is 0 Å². The Labute approximate surface area is 133 Å². The number of anilines is 2. The molecule has 0 atom stereocenters. The van der Waals surface area contributed by atoms with Gasteiger partial charge in [0.25, 0.3) is 10.0 Å². The fraction of sp³-hybridized carbons (Fsp3) is 0.200. The SMILES string of the molecule is CN1CCSc2ccc(S(=O)(=O)Nc3ccc(F)cc3)cc21. The van der Waals surface area contributed by atoms with Crippen molar-refractivity contribution in [3.05, 3.63) is 48.3 Å². The highest BCUT2D eigenvalue weighted by Crippen LogP contribution is 2.35. The number of thioether (sulfide) groups is 1. The molecule has 0 spiro atoms. The summed E-state index contributed by atoms with van der Waals surface area (Å²) in [7, 11) is -1.74. The lowest BCUT2D eigenvalue weighted by molar-refractivity contribution is 0.601. The summed E-state index contributed by atoms with van der Waals surface area (Å²) in [6.07, 6.45) is 0. The molecule has 0 amide bonds. The number of rotatable bonds is 3. The molecular formula is C15H15FN2O2S2. The third kappa shape index (κ3) is 3.05. The largest absolute Gasteiger partial charge is 0.373 e. The van der Waals surface area contributed by atoms with E-state index in [4.69, 9.17) is 0 Å². The zero-order valence-electron chi connectivity index (χ0n) is 11.9. The third-order valence-electron chi connectivity index (χ3n) is 3.43. The smallest absolute Gasteiger partial charge is 0.261 e. The van der Waals surface area contributed by atoms with Crippen LogP contribution in [0.1, 0.15) is 0 Å². The second-order valence-corrected chi connectivity index (χ2v) is 7.83. The third-order valence-corrected chi connectivity index (χ3v) is 5.85. The van der Waals surface area contributed by atoms with E-state index in [0.29, 0.717) is 5.69 Å². The first-order chi connectivity index (χ1) is 10.5. The summed E-state index contributed by atoms with van der Waals surface area (Å²) < 4.78 is 40.3. The second kappa shape index (κ2) is 5.81. The van der Waals surface area contributed by atoms with E-state index >= 15 is 0 Å². The molecule has 2 aromatic carbocycles. The predicted octanol–water partition coefficient (Wildman–Crippen LogP) is 3.17. The summed E-state index contributed by atoms with van der Waals surface area (Å²) in [6, 6.07) is 10.3. The Hall–Kier alpha value is -1.73. The van der Waals surface area contributed by atoms with Crippen LogP contribution in [0.15, 0.2) is 52.3 Å². The summed E-state index contributed by atoms with van der Waals surface area (Å²) in [5, 5.41) is 0. The number of nitrogens with one attached hydrogen (secondary N) is 1. The van der Waals surface area contributed by atoms with Gasteiger partial charge in [-0.15, -0.1) is 11.8 Å². The first-order valence-electron chi connectivity index (χ1n) is 6.72. The van der Waals surface area contributed by atoms with Crippen molar-refractivity contribution in [3.8, 4) is 0 Å². The highest BCUT2D eigenvalue weighted by atomic mass is 32.2. The Morgan fingerprint density at radius 2 is 1.91 bits per heavy atom. The van der Waals surface area contributed by atoms with Crippen LogP contribution in [0.4, 0.5) is 15.8 Å². The van der Waals surface area contributed by atoms with Gasteiger partial charge in [0.1, 0.15) is 5.82 Å². The van der Waals surface area contributed by atoms with E-state index in [1.54, 1.807) is 23.9 Å². The van der Waals surface area contributed by atoms with E-state index in [1.165, 1.54) is 24.3 Å². The van der Waals surface area contributed by atoms with E-state index in [2.05, 4.69) is 4.72 Å². The topological polar surface area (TPSA) is 49.4 Å². The number of benzene rings is 2. The quantitative estimate of drug-likeness (QED) is 0.934. The summed E-state index contributed by atoms with van der Waals surface area (Å²) in [4.78, 5) is 3.32. The first-order valence-corrected chi connectivity index (χ1v) is 9.19. The Morgan fingerprint density at radius 3 is 2.64 bits per heavy atom. The van der Waals surface area contributed by atoms with E-state index < -0.39 is 15.8 Å². The number of fused-ring (bicyclic) bond motifs is 1. The molecule has 3 rings (SSSR count). The van der Waals surface area contributed by atoms with Crippen LogP contribution in [0.5, 0.6) is 0 Å². The molecule has 7 heteroatoms. The van der Waals surface area contributed by atoms with Crippen molar-refractivity contribution in [2.75, 3.05) is 29.0 Å². The lowest BCUT2D eigenvalue weighted by Gasteiger charge is -2.27. The monoisotopic (exact) mass is 338 g/mol. The molecule has 2 aromatic rings. The molecular weight excluding hydrogens is 323 g/mol. The minimum atomic E-state index is -3.69. The number of nitrogens with zero attached hydrogens (tertiary/aromatic N) is 1. The molecule has 22 heavy (non-hydrogen) atoms. The molecule has 1 aliphatic rings. The van der Waals surface area contributed by atoms with Gasteiger partial charge in [-0.05, 0) is 42.5 Å². The minimum Gasteiger partial charge on any atom is -0.373 e. The van der Waals surface area contributed by atoms with Crippen LogP contribution < -0.4 is 9.62 Å². The molecule has 0 fully saturated rings. The van der Waals surface area contributed by atoms with E-state index in [1.807, 2.05) is 18.0 Å². The maximum absolute atomic E-state index is 12.9. The summed E-state index contributed by atoms with van der Waals surface area (Å²) >= 11 is 1.72. The minimum absolute atomic E-state index is 0.199. The summed E-state index contributed by atoms with van der Waals surface area (Å²) in [6.45, 7) is 0.882. The van der Waals surface area contributed by atoms with Crippen LogP contribution in [-0.4, -0.2) is 27.8 Å². The normalized spacial score (nSPS) is 14.5. The van der Waals surface area contributed by atoms with Gasteiger partial charge in [0.2, 0.25) is 0 Å². The molecule has 0 saturated carbocycles. The lowest BCUT2D eigenvalue weighted by atomic mass is 10.3. The molecule has 4 nitrogen and oxygen atoms in total. The number of hydrogen-bond acceptors (Lipinski definition) is 4. The average Bonchev–Trinajstić information content (AvgIpc) is 2.49. The first kappa shape index (κ1) is 15.2. The zero-order chi connectivity index (χ0) is 15.7. The van der Waals surface area contributed by atoms with Crippen molar-refractivity contribution in [3.63, 3.8) is 0 Å². The van der Waals surface area contributed by atoms with Crippen molar-refractivity contribution >= 4 is 33.2 Å². The van der Waals surface area contributed by atoms with Gasteiger partial charge in [0.05, 0.1) is 10.6 Å². The molecule has 116 valence electrons. The van der Waals surface area contributed by atoms with Gasteiger partial charge in [-0.1, -0.05) is 0 Å². The zero-order valence-corrected chi connectivity index (χ0v) is 13.5. The fourth-order valence-electron chi connectivity index (χ4n) is 2.23. The molecule has 0 aromatic heterocycles. The Balaban J connectivity index is 1.92. The highest BCUT2D eigenvalue weighted by molar-refractivity contribution is 7.99. The fourth-order valence-corrected chi connectivity index (χ4v) is 4.42. The van der Waals surface area contributed by atoms with Crippen LogP contribution in [0.2, 0.25) is 0 Å². The Morgan fingerprint density at radius 1 is 1.18 bits per heavy atom. The second-order valence-electron chi connectivity index (χ2n) is 5.01. The molecule has 1 N–H and O–H groups in total. The van der Waals surface area contributed by atoms with Crippen molar-refractivity contribution in [1.29, 1.82) is 0 Å². The maximum Gasteiger partial charge on any atom is 0.261 e. The summed E-state index contributed by atoms with van der Waals surface area (Å²) in [5.74, 6) is 0.582. The van der Waals surface area contributed by atoms with Crippen LogP contribution in [0.25, 0.3) is 0 Å². The molecule has 0 saturated heterocycles. The van der Waals surface area contributed by atoms with Crippen LogP contribution in [-0.2, 0) is 10.0 Å². The van der Waals surface area contributed by atoms with Gasteiger partial charge < -0.3 is 4.90 Å². The van der Waals surface area contributed by atoms with Crippen molar-refractivity contribution < 1.29 is 12.8 Å². The summed E-state index contributed by atoms with van der Waals surface area (Å²) in [5.41, 5.74) is 1.25. The van der Waals surface area contributed by atoms with Crippen molar-refractivity contribution in [1.82, 2.24) is 0 Å². The number of hydrogen-bond donors (Lipinski definition) is 1. The van der Waals surface area contributed by atoms with Gasteiger partial charge in [0, 0.05) is 29.9 Å². The number of halogens is 1. The van der Waals surface area contributed by atoms with Crippen LogP contribution in [0, 0.1) is 5.82 Å². The molecule has 1 aliphatic heterocycles. The van der Waals surface area contributed by atoms with E-state index in [0.717, 1.165) is 22.9 Å². The molecule has 0 unspecified atom stereocenters. The van der Waals surface area contributed by atoms with Crippen LogP contribution in [0.3, 0.4) is 0 Å². The Kier molecular flexibility index (Phi) is 4.01.